The minimum absolute atomic E-state index is 0. The number of nitrogens with zero attached hydrogens (tertiary/aromatic N) is 2. The van der Waals surface area contributed by atoms with Crippen molar-refractivity contribution in [3.63, 3.8) is 0 Å². The lowest BCUT2D eigenvalue weighted by molar-refractivity contribution is 0.886. The maximum Gasteiger partial charge on any atom is 0.135 e. The van der Waals surface area contributed by atoms with Crippen molar-refractivity contribution in [1.82, 2.24) is 9.55 Å². The molecule has 0 N–H and O–H groups in total. The lowest BCUT2D eigenvalue weighted by Crippen LogP contribution is -1.94. The zero-order chi connectivity index (χ0) is 11.4. The van der Waals surface area contributed by atoms with Gasteiger partial charge in [0.2, 0.25) is 0 Å². The molecule has 0 aromatic carbocycles. The second kappa shape index (κ2) is 4.96. The quantitative estimate of drug-likeness (QED) is 0.686. The Morgan fingerprint density at radius 3 is 2.80 bits per heavy atom. The highest BCUT2D eigenvalue weighted by atomic mass is 15.0. The van der Waals surface area contributed by atoms with Crippen LogP contribution in [0, 0.1) is 6.92 Å². The molecule has 1 aromatic rings. The van der Waals surface area contributed by atoms with E-state index in [-0.39, 0.29) is 1.43 Å². The first kappa shape index (κ1) is 11.8. The molecular formula is C13H22N2. The Hall–Kier alpha value is -1.31. The van der Waals surface area contributed by atoms with Crippen LogP contribution in [0.15, 0.2) is 24.4 Å². The van der Waals surface area contributed by atoms with Gasteiger partial charge in [0.05, 0.1) is 5.69 Å². The first-order valence-electron chi connectivity index (χ1n) is 5.41. The monoisotopic (exact) mass is 206 g/mol. The fourth-order valence-electron chi connectivity index (χ4n) is 1.75. The van der Waals surface area contributed by atoms with Crippen molar-refractivity contribution in [1.29, 1.82) is 0 Å². The molecule has 15 heavy (non-hydrogen) atoms. The number of aryl methyl sites for hydroxylation is 2. The Morgan fingerprint density at radius 2 is 2.33 bits per heavy atom. The molecule has 0 aliphatic heterocycles. The van der Waals surface area contributed by atoms with Gasteiger partial charge in [-0.2, -0.15) is 0 Å². The molecule has 0 amide bonds. The van der Waals surface area contributed by atoms with E-state index in [4.69, 9.17) is 0 Å². The Balaban J connectivity index is 0.00000225. The summed E-state index contributed by atoms with van der Waals surface area (Å²) in [5, 5.41) is 0. The third-order valence-corrected chi connectivity index (χ3v) is 2.34. The SMILES string of the molecule is C=C(/C=C(/C)c1nc(C)cn1C)CCC.[HH]. The smallest absolute Gasteiger partial charge is 0.135 e. The largest absolute Gasteiger partial charge is 0.334 e. The van der Waals surface area contributed by atoms with Crippen molar-refractivity contribution >= 4 is 5.57 Å². The van der Waals surface area contributed by atoms with Gasteiger partial charge in [0.1, 0.15) is 5.82 Å². The molecule has 0 bridgehead atoms. The van der Waals surface area contributed by atoms with Crippen LogP contribution in [0.3, 0.4) is 0 Å². The molecule has 0 spiro atoms. The van der Waals surface area contributed by atoms with Gasteiger partial charge >= 0.3 is 0 Å². The molecule has 2 heteroatoms. The minimum atomic E-state index is 0. The van der Waals surface area contributed by atoms with E-state index >= 15 is 0 Å². The summed E-state index contributed by atoms with van der Waals surface area (Å²) in [6.45, 7) is 10.3. The summed E-state index contributed by atoms with van der Waals surface area (Å²) in [4.78, 5) is 4.48. The van der Waals surface area contributed by atoms with Gasteiger partial charge in [-0.15, -0.1) is 0 Å². The Kier molecular flexibility index (Phi) is 3.89. The second-order valence-corrected chi connectivity index (χ2v) is 4.05. The van der Waals surface area contributed by atoms with Crippen LogP contribution in [0.2, 0.25) is 0 Å². The molecule has 84 valence electrons. The van der Waals surface area contributed by atoms with E-state index in [1.165, 1.54) is 11.1 Å². The van der Waals surface area contributed by atoms with E-state index in [0.717, 1.165) is 24.4 Å². The van der Waals surface area contributed by atoms with Crippen molar-refractivity contribution in [2.45, 2.75) is 33.6 Å². The van der Waals surface area contributed by atoms with Gasteiger partial charge in [-0.1, -0.05) is 31.6 Å². The average molecular weight is 206 g/mol. The summed E-state index contributed by atoms with van der Waals surface area (Å²) in [6, 6.07) is 0. The first-order chi connectivity index (χ1) is 7.04. The van der Waals surface area contributed by atoms with Crippen molar-refractivity contribution in [3.05, 3.63) is 35.9 Å². The number of imidazole rings is 1. The molecule has 0 atom stereocenters. The van der Waals surface area contributed by atoms with Gasteiger partial charge in [0, 0.05) is 14.7 Å². The maximum absolute atomic E-state index is 4.48. The first-order valence-corrected chi connectivity index (χ1v) is 5.41. The molecule has 1 heterocycles. The molecular weight excluding hydrogens is 184 g/mol. The molecule has 1 rings (SSSR count). The fraction of sp³-hybridized carbons (Fsp3) is 0.462. The van der Waals surface area contributed by atoms with E-state index in [1.54, 1.807) is 0 Å². The van der Waals surface area contributed by atoms with E-state index in [2.05, 4.69) is 36.1 Å². The summed E-state index contributed by atoms with van der Waals surface area (Å²) in [6.07, 6.45) is 6.36. The topological polar surface area (TPSA) is 17.8 Å². The minimum Gasteiger partial charge on any atom is -0.334 e. The molecule has 0 radical (unpaired) electrons. The highest BCUT2D eigenvalue weighted by Gasteiger charge is 2.04. The third-order valence-electron chi connectivity index (χ3n) is 2.34. The number of rotatable bonds is 4. The molecule has 0 aliphatic carbocycles. The van der Waals surface area contributed by atoms with Crippen molar-refractivity contribution in [3.8, 4) is 0 Å². The summed E-state index contributed by atoms with van der Waals surface area (Å²) < 4.78 is 2.06. The van der Waals surface area contributed by atoms with Gasteiger partial charge in [-0.3, -0.25) is 0 Å². The lowest BCUT2D eigenvalue weighted by atomic mass is 10.1. The van der Waals surface area contributed by atoms with Crippen LogP contribution < -0.4 is 0 Å². The number of hydrogen-bond acceptors (Lipinski definition) is 1. The molecule has 0 saturated heterocycles. The summed E-state index contributed by atoms with van der Waals surface area (Å²) in [5.41, 5.74) is 3.42. The zero-order valence-corrected chi connectivity index (χ0v) is 10.2. The molecule has 0 fully saturated rings. The number of allylic oxidation sites excluding steroid dienone is 3. The zero-order valence-electron chi connectivity index (χ0n) is 10.2. The van der Waals surface area contributed by atoms with Gasteiger partial charge in [-0.25, -0.2) is 4.98 Å². The van der Waals surface area contributed by atoms with Crippen LogP contribution in [0.5, 0.6) is 0 Å². The van der Waals surface area contributed by atoms with Gasteiger partial charge in [0.15, 0.2) is 0 Å². The van der Waals surface area contributed by atoms with E-state index < -0.39 is 0 Å². The highest BCUT2D eigenvalue weighted by Crippen LogP contribution is 2.16. The molecule has 1 aromatic heterocycles. The van der Waals surface area contributed by atoms with E-state index in [1.807, 2.05) is 20.2 Å². The number of hydrogen-bond donors (Lipinski definition) is 0. The molecule has 2 nitrogen and oxygen atoms in total. The van der Waals surface area contributed by atoms with Crippen LogP contribution in [-0.2, 0) is 7.05 Å². The number of aromatic nitrogens is 2. The third kappa shape index (κ3) is 3.08. The van der Waals surface area contributed by atoms with Crippen LogP contribution in [0.1, 0.15) is 39.6 Å². The highest BCUT2D eigenvalue weighted by molar-refractivity contribution is 5.61. The summed E-state index contributed by atoms with van der Waals surface area (Å²) >= 11 is 0. The van der Waals surface area contributed by atoms with E-state index in [9.17, 15) is 0 Å². The van der Waals surface area contributed by atoms with Crippen LogP contribution in [0.4, 0.5) is 0 Å². The van der Waals surface area contributed by atoms with Crippen LogP contribution in [0.25, 0.3) is 5.57 Å². The Morgan fingerprint density at radius 1 is 1.67 bits per heavy atom. The van der Waals surface area contributed by atoms with E-state index in [0.29, 0.717) is 0 Å². The standard InChI is InChI=1S/C13H20N2.H2/c1-6-7-10(2)8-11(3)13-14-12(4)9-15(13)5;/h8-9H,2,6-7H2,1,3-5H3;1H/b11-8-;. The second-order valence-electron chi connectivity index (χ2n) is 4.05. The van der Waals surface area contributed by atoms with Crippen LogP contribution in [-0.4, -0.2) is 9.55 Å². The van der Waals surface area contributed by atoms with Crippen molar-refractivity contribution in [2.75, 3.05) is 0 Å². The predicted molar refractivity (Wildman–Crippen MR) is 67.8 cm³/mol. The molecule has 0 aliphatic rings. The predicted octanol–water partition coefficient (Wildman–Crippen LogP) is 3.73. The Labute approximate surface area is 93.8 Å². The van der Waals surface area contributed by atoms with Gasteiger partial charge in [-0.05, 0) is 25.8 Å². The average Bonchev–Trinajstić information content (AvgIpc) is 2.45. The molecule has 0 saturated carbocycles. The van der Waals surface area contributed by atoms with Crippen molar-refractivity contribution in [2.24, 2.45) is 7.05 Å². The lowest BCUT2D eigenvalue weighted by Gasteiger charge is -2.03. The normalized spacial score (nSPS) is 11.9. The maximum atomic E-state index is 4.48. The van der Waals surface area contributed by atoms with Crippen LogP contribution >= 0.6 is 0 Å². The summed E-state index contributed by atoms with van der Waals surface area (Å²) in [7, 11) is 2.02. The van der Waals surface area contributed by atoms with Gasteiger partial charge < -0.3 is 4.57 Å². The molecule has 0 unspecified atom stereocenters. The Bertz CT molecular complexity index is 389. The summed E-state index contributed by atoms with van der Waals surface area (Å²) in [5.74, 6) is 1.03. The van der Waals surface area contributed by atoms with Gasteiger partial charge in [0.25, 0.3) is 0 Å². The van der Waals surface area contributed by atoms with Crippen molar-refractivity contribution < 1.29 is 1.43 Å². The fourth-order valence-corrected chi connectivity index (χ4v) is 1.75.